The highest BCUT2D eigenvalue weighted by atomic mass is 16.3. The molecule has 12 rings (SSSR count). The molecule has 274 valence electrons. The van der Waals surface area contributed by atoms with Gasteiger partial charge in [0, 0.05) is 49.7 Å². The van der Waals surface area contributed by atoms with Crippen LogP contribution in [0.25, 0.3) is 111 Å². The summed E-state index contributed by atoms with van der Waals surface area (Å²) in [5.41, 5.74) is 11.8. The molecule has 0 saturated heterocycles. The second-order valence-electron chi connectivity index (χ2n) is 14.8. The molecule has 0 fully saturated rings. The molecule has 0 amide bonds. The van der Waals surface area contributed by atoms with Crippen LogP contribution in [-0.2, 0) is 0 Å². The molecule has 0 aliphatic heterocycles. The fourth-order valence-electron chi connectivity index (χ4n) is 9.04. The molecule has 0 unspecified atom stereocenters. The molecule has 0 N–H and O–H groups in total. The lowest BCUT2D eigenvalue weighted by Crippen LogP contribution is -2.05. The predicted octanol–water partition coefficient (Wildman–Crippen LogP) is 13.4. The number of benzene rings is 8. The van der Waals surface area contributed by atoms with Gasteiger partial charge >= 0.3 is 0 Å². The lowest BCUT2D eigenvalue weighted by Gasteiger charge is -2.17. The minimum Gasteiger partial charge on any atom is -0.455 e. The zero-order valence-electron chi connectivity index (χ0n) is 31.5. The van der Waals surface area contributed by atoms with Gasteiger partial charge in [0.2, 0.25) is 0 Å². The Bertz CT molecular complexity index is 3520. The Morgan fingerprint density at radius 2 is 0.949 bits per heavy atom. The number of nitriles is 1. The van der Waals surface area contributed by atoms with Crippen LogP contribution in [0.15, 0.2) is 192 Å². The van der Waals surface area contributed by atoms with Gasteiger partial charge in [-0.2, -0.15) is 5.26 Å². The molecular weight excluding hydrogens is 723 g/mol. The highest BCUT2D eigenvalue weighted by Gasteiger charge is 2.27. The minimum absolute atomic E-state index is 0.545. The van der Waals surface area contributed by atoms with Gasteiger partial charge in [-0.1, -0.05) is 146 Å². The summed E-state index contributed by atoms with van der Waals surface area (Å²) < 4.78 is 11.6. The van der Waals surface area contributed by atoms with E-state index in [1.807, 2.05) is 54.6 Å². The molecule has 0 radical (unpaired) electrons. The summed E-state index contributed by atoms with van der Waals surface area (Å²) >= 11 is 0. The number of aromatic nitrogens is 4. The van der Waals surface area contributed by atoms with Gasteiger partial charge in [-0.05, 0) is 36.4 Å². The van der Waals surface area contributed by atoms with E-state index >= 15 is 0 Å². The molecule has 8 aromatic carbocycles. The van der Waals surface area contributed by atoms with E-state index in [1.54, 1.807) is 0 Å². The van der Waals surface area contributed by atoms with Crippen molar-refractivity contribution in [2.24, 2.45) is 0 Å². The van der Waals surface area contributed by atoms with E-state index in [0.29, 0.717) is 22.6 Å². The maximum absolute atomic E-state index is 11.5. The fraction of sp³-hybridized carbons (Fsp3) is 0. The van der Waals surface area contributed by atoms with Crippen molar-refractivity contribution in [3.8, 4) is 51.3 Å². The van der Waals surface area contributed by atoms with Gasteiger partial charge < -0.3 is 13.6 Å². The Hall–Kier alpha value is -8.27. The largest absolute Gasteiger partial charge is 0.455 e. The topological polar surface area (TPSA) is 72.6 Å². The monoisotopic (exact) mass is 753 g/mol. The fourth-order valence-corrected chi connectivity index (χ4v) is 9.04. The molecule has 6 heteroatoms. The normalized spacial score (nSPS) is 11.7. The second-order valence-corrected chi connectivity index (χ2v) is 14.8. The Morgan fingerprint density at radius 1 is 0.458 bits per heavy atom. The molecule has 0 aliphatic carbocycles. The molecule has 0 spiro atoms. The van der Waals surface area contributed by atoms with Crippen LogP contribution in [0.4, 0.5) is 0 Å². The minimum atomic E-state index is 0.545. The number of nitrogens with zero attached hydrogens (tertiary/aromatic N) is 5. The van der Waals surface area contributed by atoms with Crippen molar-refractivity contribution < 1.29 is 4.42 Å². The number of rotatable bonds is 5. The zero-order chi connectivity index (χ0) is 39.0. The summed E-state index contributed by atoms with van der Waals surface area (Å²) in [4.78, 5) is 10.3. The van der Waals surface area contributed by atoms with E-state index in [0.717, 1.165) is 93.8 Å². The average Bonchev–Trinajstić information content (AvgIpc) is 3.96. The molecule has 4 aromatic heterocycles. The highest BCUT2D eigenvalue weighted by molar-refractivity contribution is 6.18. The van der Waals surface area contributed by atoms with Crippen LogP contribution < -0.4 is 0 Å². The summed E-state index contributed by atoms with van der Waals surface area (Å²) in [7, 11) is 0. The smallest absolute Gasteiger partial charge is 0.160 e. The zero-order valence-corrected chi connectivity index (χ0v) is 31.5. The van der Waals surface area contributed by atoms with Crippen molar-refractivity contribution in [3.63, 3.8) is 0 Å². The molecule has 0 aliphatic rings. The van der Waals surface area contributed by atoms with Gasteiger partial charge in [0.15, 0.2) is 5.82 Å². The van der Waals surface area contributed by atoms with Gasteiger partial charge in [0.1, 0.15) is 22.8 Å². The quantitative estimate of drug-likeness (QED) is 0.175. The number of hydrogen-bond donors (Lipinski definition) is 0. The predicted molar refractivity (Wildman–Crippen MR) is 239 cm³/mol. The third kappa shape index (κ3) is 4.92. The third-order valence-corrected chi connectivity index (χ3v) is 11.6. The van der Waals surface area contributed by atoms with Crippen LogP contribution in [0.5, 0.6) is 0 Å². The maximum Gasteiger partial charge on any atom is 0.160 e. The van der Waals surface area contributed by atoms with Crippen molar-refractivity contribution in [2.45, 2.75) is 0 Å². The SMILES string of the molecule is N#Cc1c(-n2c3ccccc3c3ccccc32)cc2oc3c(-c4cc(-c5ccccc5)nc(-c5ccccc5)n4)cccc3c2c1-n1c2ccccc2c2ccccc21. The lowest BCUT2D eigenvalue weighted by molar-refractivity contribution is 0.669. The van der Waals surface area contributed by atoms with Crippen LogP contribution in [-0.4, -0.2) is 19.1 Å². The summed E-state index contributed by atoms with van der Waals surface area (Å²) in [5.74, 6) is 0.626. The number of fused-ring (bicyclic) bond motifs is 9. The molecule has 0 saturated carbocycles. The standard InChI is InChI=1S/C53H31N5O/c54-32-41-48(57-44-26-11-7-20-35(44)36-21-8-12-27-45(36)57)31-49-50(51(41)58-46-28-13-9-22-37(46)38-23-10-14-29-47(38)58)40-25-15-24-39(52(40)59-49)43-30-42(33-16-3-1-4-17-33)55-53(56-43)34-18-5-2-6-19-34/h1-31H. The lowest BCUT2D eigenvalue weighted by atomic mass is 10.0. The van der Waals surface area contributed by atoms with Crippen molar-refractivity contribution in [1.82, 2.24) is 19.1 Å². The van der Waals surface area contributed by atoms with E-state index in [2.05, 4.69) is 149 Å². The number of para-hydroxylation sites is 5. The molecule has 12 aromatic rings. The summed E-state index contributed by atoms with van der Waals surface area (Å²) in [6.07, 6.45) is 0. The van der Waals surface area contributed by atoms with Crippen LogP contribution in [0, 0.1) is 11.3 Å². The molecule has 6 nitrogen and oxygen atoms in total. The first-order chi connectivity index (χ1) is 29.2. The van der Waals surface area contributed by atoms with Gasteiger partial charge in [0.25, 0.3) is 0 Å². The van der Waals surface area contributed by atoms with E-state index in [4.69, 9.17) is 14.4 Å². The van der Waals surface area contributed by atoms with E-state index in [9.17, 15) is 5.26 Å². The van der Waals surface area contributed by atoms with Crippen molar-refractivity contribution in [3.05, 3.63) is 194 Å². The summed E-state index contributed by atoms with van der Waals surface area (Å²) in [6, 6.07) is 67.0. The van der Waals surface area contributed by atoms with Gasteiger partial charge in [0.05, 0.1) is 50.2 Å². The third-order valence-electron chi connectivity index (χ3n) is 11.6. The molecular formula is C53H31N5O. The Morgan fingerprint density at radius 3 is 1.53 bits per heavy atom. The van der Waals surface area contributed by atoms with Crippen LogP contribution in [0.3, 0.4) is 0 Å². The molecule has 4 heterocycles. The van der Waals surface area contributed by atoms with Crippen molar-refractivity contribution >= 4 is 65.6 Å². The van der Waals surface area contributed by atoms with Gasteiger partial charge in [-0.3, -0.25) is 0 Å². The maximum atomic E-state index is 11.5. The molecule has 0 bridgehead atoms. The van der Waals surface area contributed by atoms with E-state index in [-0.39, 0.29) is 0 Å². The van der Waals surface area contributed by atoms with Crippen LogP contribution in [0.2, 0.25) is 0 Å². The number of furan rings is 1. The molecule has 0 atom stereocenters. The first-order valence-electron chi connectivity index (χ1n) is 19.6. The van der Waals surface area contributed by atoms with E-state index < -0.39 is 0 Å². The summed E-state index contributed by atoms with van der Waals surface area (Å²) in [5, 5.41) is 17.7. The Labute approximate surface area is 338 Å². The Kier molecular flexibility index (Phi) is 7.19. The van der Waals surface area contributed by atoms with Crippen LogP contribution in [0.1, 0.15) is 5.56 Å². The van der Waals surface area contributed by atoms with Crippen molar-refractivity contribution in [2.75, 3.05) is 0 Å². The second kappa shape index (κ2) is 12.9. The average molecular weight is 754 g/mol. The summed E-state index contributed by atoms with van der Waals surface area (Å²) in [6.45, 7) is 0. The van der Waals surface area contributed by atoms with Crippen LogP contribution >= 0.6 is 0 Å². The van der Waals surface area contributed by atoms with Gasteiger partial charge in [-0.25, -0.2) is 9.97 Å². The van der Waals surface area contributed by atoms with Gasteiger partial charge in [-0.15, -0.1) is 0 Å². The Balaban J connectivity index is 1.23. The van der Waals surface area contributed by atoms with Crippen molar-refractivity contribution in [1.29, 1.82) is 5.26 Å². The number of hydrogen-bond acceptors (Lipinski definition) is 4. The molecule has 59 heavy (non-hydrogen) atoms. The first-order valence-corrected chi connectivity index (χ1v) is 19.6. The highest BCUT2D eigenvalue weighted by Crippen LogP contribution is 2.46. The van der Waals surface area contributed by atoms with E-state index in [1.165, 1.54) is 0 Å². The first kappa shape index (κ1) is 32.9.